The van der Waals surface area contributed by atoms with Gasteiger partial charge in [0.2, 0.25) is 5.95 Å². The predicted molar refractivity (Wildman–Crippen MR) is 99.8 cm³/mol. The first-order chi connectivity index (χ1) is 13.2. The third-order valence-corrected chi connectivity index (χ3v) is 4.73. The van der Waals surface area contributed by atoms with Crippen molar-refractivity contribution in [1.29, 1.82) is 0 Å². The lowest BCUT2D eigenvalue weighted by Crippen LogP contribution is -2.49. The molecule has 4 rings (SSSR count). The molecule has 2 aromatic heterocycles. The van der Waals surface area contributed by atoms with Crippen molar-refractivity contribution >= 4 is 11.9 Å². The first kappa shape index (κ1) is 17.2. The molecule has 1 aromatic carbocycles. The highest BCUT2D eigenvalue weighted by atomic mass is 16.4. The lowest BCUT2D eigenvalue weighted by molar-refractivity contribution is -0.143. The quantitative estimate of drug-likeness (QED) is 0.736. The molecule has 0 aliphatic carbocycles. The van der Waals surface area contributed by atoms with E-state index in [4.69, 9.17) is 0 Å². The minimum absolute atomic E-state index is 0.635. The minimum Gasteiger partial charge on any atom is -0.480 e. The first-order valence-corrected chi connectivity index (χ1v) is 8.81. The highest BCUT2D eigenvalue weighted by Gasteiger charge is 2.30. The lowest BCUT2D eigenvalue weighted by Gasteiger charge is -2.37. The van der Waals surface area contributed by atoms with Crippen molar-refractivity contribution in [3.05, 3.63) is 66.7 Å². The molecule has 1 saturated heterocycles. The topological polar surface area (TPSA) is 87.4 Å². The Bertz CT molecular complexity index is 874. The molecule has 3 heterocycles. The lowest BCUT2D eigenvalue weighted by atomic mass is 10.0. The fourth-order valence-corrected chi connectivity index (χ4v) is 3.38. The maximum atomic E-state index is 12.0. The molecule has 1 atom stereocenters. The monoisotopic (exact) mass is 364 g/mol. The molecule has 0 unspecified atom stereocenters. The molecule has 1 fully saturated rings. The summed E-state index contributed by atoms with van der Waals surface area (Å²) in [6.07, 6.45) is 7.00. The molecule has 3 aromatic rings. The number of benzene rings is 1. The van der Waals surface area contributed by atoms with Crippen LogP contribution in [0.3, 0.4) is 0 Å². The summed E-state index contributed by atoms with van der Waals surface area (Å²) in [4.78, 5) is 24.6. The summed E-state index contributed by atoms with van der Waals surface area (Å²) < 4.78 is 1.75. The third kappa shape index (κ3) is 3.65. The van der Waals surface area contributed by atoms with Crippen LogP contribution in [0, 0.1) is 0 Å². The Kier molecular flexibility index (Phi) is 4.80. The normalized spacial score (nSPS) is 16.2. The van der Waals surface area contributed by atoms with E-state index in [9.17, 15) is 9.90 Å². The number of piperazine rings is 1. The molecular formula is C19H20N6O2. The zero-order chi connectivity index (χ0) is 18.6. The summed E-state index contributed by atoms with van der Waals surface area (Å²) in [7, 11) is 0. The number of hydrogen-bond acceptors (Lipinski definition) is 6. The SMILES string of the molecule is O=C(O)[C@H](c1ccc(-n2cccn2)cc1)N1CCN(c2ncccn2)CC1. The number of carboxylic acid groups (broad SMARTS) is 1. The van der Waals surface area contributed by atoms with E-state index in [0.717, 1.165) is 11.3 Å². The van der Waals surface area contributed by atoms with Gasteiger partial charge in [-0.05, 0) is 29.8 Å². The number of nitrogens with zero attached hydrogens (tertiary/aromatic N) is 6. The van der Waals surface area contributed by atoms with Gasteiger partial charge in [-0.1, -0.05) is 12.1 Å². The predicted octanol–water partition coefficient (Wildman–Crippen LogP) is 1.61. The summed E-state index contributed by atoms with van der Waals surface area (Å²) in [5.41, 5.74) is 1.67. The summed E-state index contributed by atoms with van der Waals surface area (Å²) in [6, 6.07) is 10.5. The Hall–Kier alpha value is -3.26. The van der Waals surface area contributed by atoms with E-state index in [1.54, 1.807) is 29.3 Å². The fourth-order valence-electron chi connectivity index (χ4n) is 3.38. The number of anilines is 1. The van der Waals surface area contributed by atoms with Crippen LogP contribution in [0.1, 0.15) is 11.6 Å². The van der Waals surface area contributed by atoms with Gasteiger partial charge in [0.15, 0.2) is 0 Å². The summed E-state index contributed by atoms with van der Waals surface area (Å²) in [5.74, 6) is -0.154. The van der Waals surface area contributed by atoms with E-state index in [-0.39, 0.29) is 0 Å². The van der Waals surface area contributed by atoms with Crippen molar-refractivity contribution in [2.75, 3.05) is 31.1 Å². The highest BCUT2D eigenvalue weighted by Crippen LogP contribution is 2.24. The number of carbonyl (C=O) groups is 1. The van der Waals surface area contributed by atoms with Crippen molar-refractivity contribution < 1.29 is 9.90 Å². The molecule has 1 N–H and O–H groups in total. The maximum Gasteiger partial charge on any atom is 0.325 e. The van der Waals surface area contributed by atoms with Crippen LogP contribution in [0.4, 0.5) is 5.95 Å². The molecule has 27 heavy (non-hydrogen) atoms. The Morgan fingerprint density at radius 3 is 2.26 bits per heavy atom. The van der Waals surface area contributed by atoms with E-state index in [2.05, 4.69) is 20.0 Å². The standard InChI is InChI=1S/C19H20N6O2/c26-18(27)17(15-3-5-16(6-4-15)25-10-2-9-22-25)23-11-13-24(14-12-23)19-20-7-1-8-21-19/h1-10,17H,11-14H2,(H,26,27)/t17-/m0/s1. The van der Waals surface area contributed by atoms with Crippen LogP contribution in [0.25, 0.3) is 5.69 Å². The van der Waals surface area contributed by atoms with Crippen molar-refractivity contribution in [2.24, 2.45) is 0 Å². The Balaban J connectivity index is 1.48. The van der Waals surface area contributed by atoms with Crippen LogP contribution in [-0.2, 0) is 4.79 Å². The molecule has 1 aliphatic heterocycles. The van der Waals surface area contributed by atoms with Gasteiger partial charge < -0.3 is 10.0 Å². The van der Waals surface area contributed by atoms with Gasteiger partial charge in [0, 0.05) is 51.0 Å². The second-order valence-corrected chi connectivity index (χ2v) is 6.35. The summed E-state index contributed by atoms with van der Waals surface area (Å²) >= 11 is 0. The Labute approximate surface area is 156 Å². The van der Waals surface area contributed by atoms with Crippen LogP contribution >= 0.6 is 0 Å². The number of carboxylic acids is 1. The second-order valence-electron chi connectivity index (χ2n) is 6.35. The number of rotatable bonds is 5. The molecule has 0 spiro atoms. The molecule has 0 radical (unpaired) electrons. The summed E-state index contributed by atoms with van der Waals surface area (Å²) in [6.45, 7) is 2.66. The average molecular weight is 364 g/mol. The molecule has 8 heteroatoms. The van der Waals surface area contributed by atoms with Crippen molar-refractivity contribution in [3.8, 4) is 5.69 Å². The third-order valence-electron chi connectivity index (χ3n) is 4.73. The van der Waals surface area contributed by atoms with Crippen molar-refractivity contribution in [2.45, 2.75) is 6.04 Å². The van der Waals surface area contributed by atoms with Gasteiger partial charge in [-0.25, -0.2) is 14.6 Å². The molecular weight excluding hydrogens is 344 g/mol. The van der Waals surface area contributed by atoms with E-state index < -0.39 is 12.0 Å². The van der Waals surface area contributed by atoms with Crippen LogP contribution in [0.15, 0.2) is 61.2 Å². The second kappa shape index (κ2) is 7.55. The molecule has 8 nitrogen and oxygen atoms in total. The molecule has 0 saturated carbocycles. The van der Waals surface area contributed by atoms with Crippen LogP contribution in [0.5, 0.6) is 0 Å². The van der Waals surface area contributed by atoms with Gasteiger partial charge >= 0.3 is 5.97 Å². The Morgan fingerprint density at radius 2 is 1.67 bits per heavy atom. The van der Waals surface area contributed by atoms with Crippen LogP contribution in [-0.4, -0.2) is 61.9 Å². The van der Waals surface area contributed by atoms with Crippen LogP contribution < -0.4 is 4.90 Å². The molecule has 1 aliphatic rings. The maximum absolute atomic E-state index is 12.0. The van der Waals surface area contributed by atoms with E-state index >= 15 is 0 Å². The van der Waals surface area contributed by atoms with E-state index in [1.807, 2.05) is 41.4 Å². The smallest absolute Gasteiger partial charge is 0.325 e. The van der Waals surface area contributed by atoms with Gasteiger partial charge in [-0.2, -0.15) is 5.10 Å². The number of hydrogen-bond donors (Lipinski definition) is 1. The van der Waals surface area contributed by atoms with Crippen LogP contribution in [0.2, 0.25) is 0 Å². The zero-order valence-corrected chi connectivity index (χ0v) is 14.7. The van der Waals surface area contributed by atoms with Gasteiger partial charge in [0.1, 0.15) is 6.04 Å². The van der Waals surface area contributed by atoms with Crippen molar-refractivity contribution in [1.82, 2.24) is 24.6 Å². The molecule has 0 amide bonds. The van der Waals surface area contributed by atoms with E-state index in [1.165, 1.54) is 0 Å². The number of aliphatic carboxylic acids is 1. The van der Waals surface area contributed by atoms with Gasteiger partial charge in [0.25, 0.3) is 0 Å². The van der Waals surface area contributed by atoms with Gasteiger partial charge in [0.05, 0.1) is 5.69 Å². The zero-order valence-electron chi connectivity index (χ0n) is 14.7. The summed E-state index contributed by atoms with van der Waals surface area (Å²) in [5, 5.41) is 14.0. The molecule has 0 bridgehead atoms. The number of aromatic nitrogens is 4. The van der Waals surface area contributed by atoms with Gasteiger partial charge in [-0.3, -0.25) is 9.69 Å². The average Bonchev–Trinajstić information content (AvgIpc) is 3.25. The van der Waals surface area contributed by atoms with E-state index in [0.29, 0.717) is 32.1 Å². The van der Waals surface area contributed by atoms with Gasteiger partial charge in [-0.15, -0.1) is 0 Å². The fraction of sp³-hybridized carbons (Fsp3) is 0.263. The van der Waals surface area contributed by atoms with Crippen molar-refractivity contribution in [3.63, 3.8) is 0 Å². The highest BCUT2D eigenvalue weighted by molar-refractivity contribution is 5.75. The Morgan fingerprint density at radius 1 is 0.963 bits per heavy atom. The minimum atomic E-state index is -0.841. The largest absolute Gasteiger partial charge is 0.480 e. The first-order valence-electron chi connectivity index (χ1n) is 8.81. The molecule has 138 valence electrons.